The number of thioether (sulfide) groups is 2. The van der Waals surface area contributed by atoms with E-state index in [0.717, 1.165) is 44.2 Å². The van der Waals surface area contributed by atoms with Crippen LogP contribution >= 0.6 is 23.5 Å². The molecule has 2 N–H and O–H groups in total. The number of fused-ring (bicyclic) bond motifs is 1. The minimum absolute atomic E-state index is 0.157. The van der Waals surface area contributed by atoms with Gasteiger partial charge in [-0.15, -0.1) is 16.9 Å². The van der Waals surface area contributed by atoms with E-state index < -0.39 is 18.3 Å². The summed E-state index contributed by atoms with van der Waals surface area (Å²) in [6.45, 7) is 2.91. The van der Waals surface area contributed by atoms with Crippen molar-refractivity contribution >= 4 is 41.4 Å². The predicted octanol–water partition coefficient (Wildman–Crippen LogP) is 0.836. The zero-order chi connectivity index (χ0) is 25.8. The number of tetrazole rings is 1. The normalized spacial score (nSPS) is 23.4. The van der Waals surface area contributed by atoms with Gasteiger partial charge < -0.3 is 20.1 Å². The number of hydrogen-bond donors (Lipinski definition) is 1. The van der Waals surface area contributed by atoms with Crippen LogP contribution in [0.4, 0.5) is 0 Å². The van der Waals surface area contributed by atoms with Crippen molar-refractivity contribution in [1.29, 1.82) is 0 Å². The fourth-order valence-corrected chi connectivity index (χ4v) is 6.73. The molecule has 1 amide bonds. The highest BCUT2D eigenvalue weighted by atomic mass is 32.2. The Balaban J connectivity index is 1.45. The lowest BCUT2D eigenvalue weighted by molar-refractivity contribution is -0.187. The van der Waals surface area contributed by atoms with E-state index in [4.69, 9.17) is 15.2 Å². The average Bonchev–Trinajstić information content (AvgIpc) is 3.32. The number of esters is 2. The van der Waals surface area contributed by atoms with Crippen LogP contribution in [0.15, 0.2) is 16.4 Å². The van der Waals surface area contributed by atoms with Crippen LogP contribution in [0.5, 0.6) is 0 Å². The molecule has 3 atom stereocenters. The van der Waals surface area contributed by atoms with E-state index >= 15 is 0 Å². The summed E-state index contributed by atoms with van der Waals surface area (Å²) in [6.07, 6.45) is 3.63. The van der Waals surface area contributed by atoms with Crippen molar-refractivity contribution in [2.24, 2.45) is 11.7 Å². The summed E-state index contributed by atoms with van der Waals surface area (Å²) < 4.78 is 12.6. The van der Waals surface area contributed by atoms with Gasteiger partial charge in [0.05, 0.1) is 12.5 Å². The van der Waals surface area contributed by atoms with Gasteiger partial charge in [0, 0.05) is 25.0 Å². The summed E-state index contributed by atoms with van der Waals surface area (Å²) in [4.78, 5) is 41.7. The highest BCUT2D eigenvalue weighted by Crippen LogP contribution is 2.41. The zero-order valence-electron chi connectivity index (χ0n) is 20.8. The average molecular weight is 540 g/mol. The molecule has 1 unspecified atom stereocenters. The fraction of sp³-hybridized carbons (Fsp3) is 0.727. The Labute approximate surface area is 218 Å². The molecule has 4 rings (SSSR count). The number of nitrogens with zero attached hydrogens (tertiary/aromatic N) is 6. The van der Waals surface area contributed by atoms with Gasteiger partial charge in [-0.05, 0) is 42.9 Å². The third-order valence-corrected chi connectivity index (χ3v) is 8.81. The van der Waals surface area contributed by atoms with Crippen LogP contribution in [0.1, 0.15) is 39.0 Å². The van der Waals surface area contributed by atoms with Gasteiger partial charge in [-0.3, -0.25) is 14.5 Å². The van der Waals surface area contributed by atoms with Crippen LogP contribution in [0.3, 0.4) is 0 Å². The third kappa shape index (κ3) is 6.03. The van der Waals surface area contributed by atoms with Gasteiger partial charge >= 0.3 is 11.9 Å². The summed E-state index contributed by atoms with van der Waals surface area (Å²) >= 11 is 2.89. The van der Waals surface area contributed by atoms with Gasteiger partial charge in [0.2, 0.25) is 17.4 Å². The van der Waals surface area contributed by atoms with Crippen molar-refractivity contribution in [3.05, 3.63) is 11.3 Å². The van der Waals surface area contributed by atoms with Gasteiger partial charge in [0.15, 0.2) is 0 Å². The van der Waals surface area contributed by atoms with Crippen molar-refractivity contribution in [2.75, 3.05) is 32.1 Å². The highest BCUT2D eigenvalue weighted by molar-refractivity contribution is 8.01. The molecule has 1 saturated carbocycles. The number of amides is 1. The smallest absolute Gasteiger partial charge is 0.358 e. The van der Waals surface area contributed by atoms with Crippen molar-refractivity contribution in [3.63, 3.8) is 0 Å². The lowest BCUT2D eigenvalue weighted by atomic mass is 9.89. The Morgan fingerprint density at radius 3 is 2.72 bits per heavy atom. The van der Waals surface area contributed by atoms with Crippen LogP contribution < -0.4 is 5.73 Å². The van der Waals surface area contributed by atoms with Crippen LogP contribution in [-0.4, -0.2) is 97.7 Å². The molecule has 1 saturated heterocycles. The van der Waals surface area contributed by atoms with Crippen molar-refractivity contribution in [1.82, 2.24) is 30.0 Å². The number of rotatable bonds is 10. The largest absolute Gasteiger partial charge is 0.425 e. The number of likely N-dealkylation sites (N-methyl/N-ethyl adjacent to an activating group) is 1. The van der Waals surface area contributed by atoms with Crippen LogP contribution in [0.2, 0.25) is 0 Å². The second-order valence-electron chi connectivity index (χ2n) is 9.41. The Bertz CT molecular complexity index is 1010. The molecule has 1 aromatic heterocycles. The zero-order valence-corrected chi connectivity index (χ0v) is 22.4. The molecular weight excluding hydrogens is 506 g/mol. The van der Waals surface area contributed by atoms with Crippen molar-refractivity contribution in [2.45, 2.75) is 68.4 Å². The van der Waals surface area contributed by atoms with E-state index in [2.05, 4.69) is 15.5 Å². The standard InChI is InChI=1S/C22H33N7O5S2/c1-13(33-20(31)14-7-5-4-6-8-14)34-21(32)17-15(11-35-19-16(23)18(30)29(17)19)12-36-22-24-25-26-28(22)10-9-27(2)3/h13-14,16,19H,4-12,23H2,1-3H3/t13?,16-,19+/m1/s1. The second kappa shape index (κ2) is 11.9. The monoisotopic (exact) mass is 539 g/mol. The quantitative estimate of drug-likeness (QED) is 0.194. The first-order chi connectivity index (χ1) is 17.3. The maximum absolute atomic E-state index is 13.2. The molecule has 0 radical (unpaired) electrons. The number of β-lactam (4-membered cyclic amide) rings is 1. The minimum Gasteiger partial charge on any atom is -0.425 e. The second-order valence-corrected chi connectivity index (χ2v) is 11.5. The molecule has 36 heavy (non-hydrogen) atoms. The molecule has 0 spiro atoms. The Morgan fingerprint density at radius 1 is 1.25 bits per heavy atom. The van der Waals surface area contributed by atoms with Crippen LogP contribution in [0, 0.1) is 5.92 Å². The topological polar surface area (TPSA) is 146 Å². The third-order valence-electron chi connectivity index (χ3n) is 6.41. The Kier molecular flexibility index (Phi) is 8.91. The maximum atomic E-state index is 13.2. The van der Waals surface area contributed by atoms with Crippen LogP contribution in [0.25, 0.3) is 0 Å². The van der Waals surface area contributed by atoms with E-state index in [1.807, 2.05) is 19.0 Å². The molecule has 1 aromatic rings. The number of nitrogens with two attached hydrogens (primary N) is 1. The predicted molar refractivity (Wildman–Crippen MR) is 133 cm³/mol. The molecule has 12 nitrogen and oxygen atoms in total. The lowest BCUT2D eigenvalue weighted by Crippen LogP contribution is -2.68. The minimum atomic E-state index is -1.07. The number of carbonyl (C=O) groups is 3. The van der Waals surface area contributed by atoms with Gasteiger partial charge in [-0.2, -0.15) is 0 Å². The van der Waals surface area contributed by atoms with Crippen LogP contribution in [-0.2, 0) is 30.4 Å². The number of aromatic nitrogens is 4. The Morgan fingerprint density at radius 2 is 2.00 bits per heavy atom. The van der Waals surface area contributed by atoms with Gasteiger partial charge in [0.1, 0.15) is 17.1 Å². The SMILES string of the molecule is CC(OC(=O)C1=C(CSc2nnnn2CCN(C)C)CS[C@H]2[C@H](N)C(=O)N12)OC(=O)C1CCCCC1. The number of carbonyl (C=O) groups excluding carboxylic acids is 3. The molecule has 3 aliphatic rings. The molecule has 2 fully saturated rings. The molecule has 0 bridgehead atoms. The van der Waals surface area contributed by atoms with Gasteiger partial charge in [0.25, 0.3) is 0 Å². The molecule has 198 valence electrons. The summed E-state index contributed by atoms with van der Waals surface area (Å²) in [5, 5.41) is 12.2. The van der Waals surface area contributed by atoms with Gasteiger partial charge in [-0.25, -0.2) is 9.48 Å². The summed E-state index contributed by atoms with van der Waals surface area (Å²) in [5.74, 6) is -0.633. The van der Waals surface area contributed by atoms with E-state index in [9.17, 15) is 14.4 Å². The van der Waals surface area contributed by atoms with Gasteiger partial charge in [-0.1, -0.05) is 31.0 Å². The number of ether oxygens (including phenoxy) is 2. The Hall–Kier alpha value is -2.16. The van der Waals surface area contributed by atoms with E-state index in [0.29, 0.717) is 23.2 Å². The molecule has 2 aliphatic heterocycles. The van der Waals surface area contributed by atoms with E-state index in [1.54, 1.807) is 4.68 Å². The van der Waals surface area contributed by atoms with E-state index in [1.165, 1.54) is 35.3 Å². The van der Waals surface area contributed by atoms with Crippen molar-refractivity contribution in [3.8, 4) is 0 Å². The first kappa shape index (κ1) is 26.9. The van der Waals surface area contributed by atoms with E-state index in [-0.39, 0.29) is 28.9 Å². The highest BCUT2D eigenvalue weighted by Gasteiger charge is 2.52. The first-order valence-electron chi connectivity index (χ1n) is 12.1. The fourth-order valence-electron chi connectivity index (χ4n) is 4.39. The molecule has 3 heterocycles. The molecule has 0 aromatic carbocycles. The summed E-state index contributed by atoms with van der Waals surface area (Å²) in [5.41, 5.74) is 6.86. The molecular formula is C22H33N7O5S2. The summed E-state index contributed by atoms with van der Waals surface area (Å²) in [7, 11) is 3.94. The lowest BCUT2D eigenvalue weighted by Gasteiger charge is -2.48. The molecule has 14 heteroatoms. The maximum Gasteiger partial charge on any atom is 0.358 e. The number of hydrogen-bond acceptors (Lipinski definition) is 12. The molecule has 1 aliphatic carbocycles. The summed E-state index contributed by atoms with van der Waals surface area (Å²) in [6, 6.07) is -0.660. The van der Waals surface area contributed by atoms with Crippen molar-refractivity contribution < 1.29 is 23.9 Å². The first-order valence-corrected chi connectivity index (χ1v) is 14.2.